The van der Waals surface area contributed by atoms with Crippen molar-refractivity contribution in [3.63, 3.8) is 0 Å². The first-order valence-electron chi connectivity index (χ1n) is 5.83. The van der Waals surface area contributed by atoms with Gasteiger partial charge in [0.2, 0.25) is 0 Å². The van der Waals surface area contributed by atoms with Gasteiger partial charge in [-0.3, -0.25) is 0 Å². The van der Waals surface area contributed by atoms with Crippen molar-refractivity contribution in [2.75, 3.05) is 7.11 Å². The van der Waals surface area contributed by atoms with Crippen molar-refractivity contribution in [2.24, 2.45) is 0 Å². The molecule has 0 radical (unpaired) electrons. The summed E-state index contributed by atoms with van der Waals surface area (Å²) in [6.07, 6.45) is 0.923. The standard InChI is InChI=1S/C13H20N2O2/c1-4-10(2)15-13(16)14-9-11-6-5-7-12(8-11)17-3/h5-8,10H,4,9H2,1-3H3,(H2,14,15,16). The number of hydrogen-bond donors (Lipinski definition) is 2. The molecule has 4 heteroatoms. The molecule has 17 heavy (non-hydrogen) atoms. The summed E-state index contributed by atoms with van der Waals surface area (Å²) in [5, 5.41) is 5.66. The first-order chi connectivity index (χ1) is 8.15. The molecule has 0 saturated carbocycles. The normalized spacial score (nSPS) is 11.7. The third kappa shape index (κ3) is 4.76. The number of urea groups is 1. The minimum Gasteiger partial charge on any atom is -0.497 e. The van der Waals surface area contributed by atoms with Crippen LogP contribution in [0.3, 0.4) is 0 Å². The van der Waals surface area contributed by atoms with Crippen molar-refractivity contribution < 1.29 is 9.53 Å². The van der Waals surface area contributed by atoms with Crippen molar-refractivity contribution in [1.82, 2.24) is 10.6 Å². The second-order valence-corrected chi connectivity index (χ2v) is 3.99. The molecule has 2 amide bonds. The number of carbonyl (C=O) groups excluding carboxylic acids is 1. The summed E-state index contributed by atoms with van der Waals surface area (Å²) >= 11 is 0. The topological polar surface area (TPSA) is 50.4 Å². The van der Waals surface area contributed by atoms with Gasteiger partial charge in [0.05, 0.1) is 7.11 Å². The molecule has 0 fully saturated rings. The molecule has 4 nitrogen and oxygen atoms in total. The lowest BCUT2D eigenvalue weighted by molar-refractivity contribution is 0.237. The van der Waals surface area contributed by atoms with Crippen LogP contribution in [-0.4, -0.2) is 19.2 Å². The predicted octanol–water partition coefficient (Wildman–Crippen LogP) is 2.29. The van der Waals surface area contributed by atoms with E-state index >= 15 is 0 Å². The van der Waals surface area contributed by atoms with Gasteiger partial charge in [0.25, 0.3) is 0 Å². The fraction of sp³-hybridized carbons (Fsp3) is 0.462. The van der Waals surface area contributed by atoms with Crippen molar-refractivity contribution in [1.29, 1.82) is 0 Å². The van der Waals surface area contributed by atoms with E-state index < -0.39 is 0 Å². The highest BCUT2D eigenvalue weighted by Crippen LogP contribution is 2.11. The number of rotatable bonds is 5. The summed E-state index contributed by atoms with van der Waals surface area (Å²) < 4.78 is 5.12. The number of hydrogen-bond acceptors (Lipinski definition) is 2. The minimum absolute atomic E-state index is 0.137. The molecule has 0 aliphatic rings. The fourth-order valence-electron chi connectivity index (χ4n) is 1.34. The predicted molar refractivity (Wildman–Crippen MR) is 68.1 cm³/mol. The van der Waals surface area contributed by atoms with Gasteiger partial charge in [0.15, 0.2) is 0 Å². The van der Waals surface area contributed by atoms with Gasteiger partial charge < -0.3 is 15.4 Å². The Morgan fingerprint density at radius 2 is 2.24 bits per heavy atom. The fourth-order valence-corrected chi connectivity index (χ4v) is 1.34. The molecule has 1 unspecified atom stereocenters. The zero-order valence-corrected chi connectivity index (χ0v) is 10.6. The summed E-state index contributed by atoms with van der Waals surface area (Å²) in [5.41, 5.74) is 1.02. The maximum atomic E-state index is 11.5. The van der Waals surface area contributed by atoms with Crippen LogP contribution in [0.1, 0.15) is 25.8 Å². The lowest BCUT2D eigenvalue weighted by Crippen LogP contribution is -2.40. The van der Waals surface area contributed by atoms with Gasteiger partial charge in [-0.1, -0.05) is 19.1 Å². The lowest BCUT2D eigenvalue weighted by Gasteiger charge is -2.12. The summed E-state index contributed by atoms with van der Waals surface area (Å²) in [5.74, 6) is 0.798. The Bertz CT molecular complexity index is 366. The maximum Gasteiger partial charge on any atom is 0.315 e. The average Bonchev–Trinajstić information content (AvgIpc) is 2.36. The number of benzene rings is 1. The summed E-state index contributed by atoms with van der Waals surface area (Å²) in [4.78, 5) is 11.5. The molecule has 1 rings (SSSR count). The Hall–Kier alpha value is -1.71. The van der Waals surface area contributed by atoms with Gasteiger partial charge in [-0.05, 0) is 31.0 Å². The van der Waals surface area contributed by atoms with Gasteiger partial charge in [-0.25, -0.2) is 4.79 Å². The summed E-state index contributed by atoms with van der Waals surface area (Å²) in [6.45, 7) is 4.51. The summed E-state index contributed by atoms with van der Waals surface area (Å²) in [6, 6.07) is 7.70. The lowest BCUT2D eigenvalue weighted by atomic mass is 10.2. The number of nitrogens with one attached hydrogen (secondary N) is 2. The van der Waals surface area contributed by atoms with Gasteiger partial charge >= 0.3 is 6.03 Å². The molecule has 0 heterocycles. The maximum absolute atomic E-state index is 11.5. The van der Waals surface area contributed by atoms with Crippen molar-refractivity contribution in [3.05, 3.63) is 29.8 Å². The first-order valence-corrected chi connectivity index (χ1v) is 5.83. The monoisotopic (exact) mass is 236 g/mol. The van der Waals surface area contributed by atoms with Crippen LogP contribution in [0.4, 0.5) is 4.79 Å². The largest absolute Gasteiger partial charge is 0.497 e. The molecule has 1 atom stereocenters. The molecule has 0 bridgehead atoms. The molecule has 0 aliphatic carbocycles. The van der Waals surface area contributed by atoms with E-state index in [0.717, 1.165) is 17.7 Å². The van der Waals surface area contributed by atoms with E-state index in [2.05, 4.69) is 10.6 Å². The van der Waals surface area contributed by atoms with Gasteiger partial charge in [0.1, 0.15) is 5.75 Å². The number of amides is 2. The third-order valence-electron chi connectivity index (χ3n) is 2.58. The Morgan fingerprint density at radius 3 is 2.88 bits per heavy atom. The van der Waals surface area contributed by atoms with E-state index in [9.17, 15) is 4.79 Å². The second-order valence-electron chi connectivity index (χ2n) is 3.99. The zero-order chi connectivity index (χ0) is 12.7. The van der Waals surface area contributed by atoms with E-state index in [1.54, 1.807) is 7.11 Å². The van der Waals surface area contributed by atoms with E-state index in [4.69, 9.17) is 4.74 Å². The van der Waals surface area contributed by atoms with E-state index in [1.165, 1.54) is 0 Å². The van der Waals surface area contributed by atoms with Crippen LogP contribution in [-0.2, 0) is 6.54 Å². The Labute approximate surface area is 102 Å². The molecule has 0 saturated heterocycles. The zero-order valence-electron chi connectivity index (χ0n) is 10.6. The SMILES string of the molecule is CCC(C)NC(=O)NCc1cccc(OC)c1. The van der Waals surface area contributed by atoms with Crippen LogP contribution in [0.5, 0.6) is 5.75 Å². The first kappa shape index (κ1) is 13.4. The van der Waals surface area contributed by atoms with Crippen molar-refractivity contribution >= 4 is 6.03 Å². The summed E-state index contributed by atoms with van der Waals surface area (Å²) in [7, 11) is 1.63. The Kier molecular flexibility index (Phi) is 5.33. The average molecular weight is 236 g/mol. The molecule has 94 valence electrons. The van der Waals surface area contributed by atoms with Crippen LogP contribution in [0.15, 0.2) is 24.3 Å². The molecule has 0 aromatic heterocycles. The number of ether oxygens (including phenoxy) is 1. The molecule has 0 aliphatic heterocycles. The molecule has 1 aromatic rings. The highest BCUT2D eigenvalue weighted by Gasteiger charge is 2.04. The van der Waals surface area contributed by atoms with Crippen molar-refractivity contribution in [3.8, 4) is 5.75 Å². The van der Waals surface area contributed by atoms with Crippen LogP contribution in [0.2, 0.25) is 0 Å². The third-order valence-corrected chi connectivity index (χ3v) is 2.58. The minimum atomic E-state index is -0.137. The highest BCUT2D eigenvalue weighted by molar-refractivity contribution is 5.74. The Morgan fingerprint density at radius 1 is 1.47 bits per heavy atom. The van der Waals surface area contributed by atoms with Gasteiger partial charge in [0, 0.05) is 12.6 Å². The molecule has 1 aromatic carbocycles. The number of methoxy groups -OCH3 is 1. The van der Waals surface area contributed by atoms with Gasteiger partial charge in [-0.15, -0.1) is 0 Å². The molecule has 0 spiro atoms. The Balaban J connectivity index is 2.41. The van der Waals surface area contributed by atoms with E-state index in [1.807, 2.05) is 38.1 Å². The molecular formula is C13H20N2O2. The smallest absolute Gasteiger partial charge is 0.315 e. The second kappa shape index (κ2) is 6.78. The molecule has 2 N–H and O–H groups in total. The highest BCUT2D eigenvalue weighted by atomic mass is 16.5. The van der Waals surface area contributed by atoms with E-state index in [0.29, 0.717) is 6.54 Å². The number of carbonyl (C=O) groups is 1. The van der Waals surface area contributed by atoms with E-state index in [-0.39, 0.29) is 12.1 Å². The van der Waals surface area contributed by atoms with Crippen LogP contribution < -0.4 is 15.4 Å². The molecular weight excluding hydrogens is 216 g/mol. The van der Waals surface area contributed by atoms with Crippen molar-refractivity contribution in [2.45, 2.75) is 32.9 Å². The van der Waals surface area contributed by atoms with Crippen LogP contribution >= 0.6 is 0 Å². The van der Waals surface area contributed by atoms with Gasteiger partial charge in [-0.2, -0.15) is 0 Å². The quantitative estimate of drug-likeness (QED) is 0.824. The van der Waals surface area contributed by atoms with Crippen LogP contribution in [0.25, 0.3) is 0 Å². The van der Waals surface area contributed by atoms with Crippen LogP contribution in [0, 0.1) is 0 Å².